The largest absolute Gasteiger partial charge is 0.465 e. The highest BCUT2D eigenvalue weighted by atomic mass is 35.5. The molecule has 1 amide bonds. The molecule has 3 heterocycles. The van der Waals surface area contributed by atoms with Gasteiger partial charge >= 0.3 is 5.97 Å². The number of piperazine rings is 1. The van der Waals surface area contributed by atoms with Crippen LogP contribution in [0.15, 0.2) is 60.8 Å². The topological polar surface area (TPSA) is 108 Å². The fourth-order valence-corrected chi connectivity index (χ4v) is 4.29. The summed E-state index contributed by atoms with van der Waals surface area (Å²) in [6.45, 7) is 1.91. The van der Waals surface area contributed by atoms with Crippen molar-refractivity contribution in [3.05, 3.63) is 76.9 Å². The van der Waals surface area contributed by atoms with Gasteiger partial charge in [-0.25, -0.2) is 14.8 Å². The first-order valence-electron chi connectivity index (χ1n) is 11.3. The predicted octanol–water partition coefficient (Wildman–Crippen LogP) is 3.60. The van der Waals surface area contributed by atoms with E-state index in [1.54, 1.807) is 17.2 Å². The number of anilines is 1. The van der Waals surface area contributed by atoms with Crippen LogP contribution in [0.5, 0.6) is 0 Å². The first kappa shape index (κ1) is 23.5. The monoisotopic (exact) mass is 503 g/mol. The maximum absolute atomic E-state index is 12.7. The zero-order chi connectivity index (χ0) is 25.2. The number of H-pyrrole nitrogens is 1. The molecule has 182 valence electrons. The van der Waals surface area contributed by atoms with Crippen molar-refractivity contribution in [2.45, 2.75) is 0 Å². The molecule has 36 heavy (non-hydrogen) atoms. The third-order valence-corrected chi connectivity index (χ3v) is 6.35. The summed E-state index contributed by atoms with van der Waals surface area (Å²) in [5.74, 6) is -0.168. The van der Waals surface area contributed by atoms with Gasteiger partial charge in [-0.05, 0) is 54.6 Å². The molecule has 2 aromatic heterocycles. The summed E-state index contributed by atoms with van der Waals surface area (Å²) in [7, 11) is 1.28. The quantitative estimate of drug-likeness (QED) is 0.252. The van der Waals surface area contributed by atoms with Crippen LogP contribution in [0.1, 0.15) is 20.7 Å². The Balaban J connectivity index is 1.20. The van der Waals surface area contributed by atoms with E-state index < -0.39 is 17.7 Å². The zero-order valence-electron chi connectivity index (χ0n) is 19.4. The van der Waals surface area contributed by atoms with Crippen LogP contribution in [0.2, 0.25) is 5.02 Å². The summed E-state index contributed by atoms with van der Waals surface area (Å²) in [5.41, 5.74) is 3.09. The van der Waals surface area contributed by atoms with E-state index in [-0.39, 0.29) is 5.56 Å². The molecule has 0 aliphatic carbocycles. The van der Waals surface area contributed by atoms with Gasteiger partial charge in [-0.15, -0.1) is 0 Å². The number of amides is 1. The number of hydrogen-bond donors (Lipinski definition) is 1. The van der Waals surface area contributed by atoms with Crippen LogP contribution in [0, 0.1) is 0 Å². The molecule has 5 rings (SSSR count). The number of pyridine rings is 1. The van der Waals surface area contributed by atoms with Gasteiger partial charge in [0.2, 0.25) is 5.78 Å². The minimum Gasteiger partial charge on any atom is -0.465 e. The van der Waals surface area contributed by atoms with Crippen LogP contribution >= 0.6 is 11.6 Å². The Labute approximate surface area is 211 Å². The number of benzene rings is 2. The fourth-order valence-electron chi connectivity index (χ4n) is 4.11. The van der Waals surface area contributed by atoms with Crippen molar-refractivity contribution in [1.82, 2.24) is 19.9 Å². The highest BCUT2D eigenvalue weighted by Crippen LogP contribution is 2.24. The smallest absolute Gasteiger partial charge is 0.337 e. The highest BCUT2D eigenvalue weighted by molar-refractivity contribution is 6.42. The second kappa shape index (κ2) is 9.79. The van der Waals surface area contributed by atoms with Crippen molar-refractivity contribution >= 4 is 46.1 Å². The van der Waals surface area contributed by atoms with Gasteiger partial charge in [0, 0.05) is 48.5 Å². The molecule has 0 bridgehead atoms. The van der Waals surface area contributed by atoms with Crippen molar-refractivity contribution in [1.29, 1.82) is 0 Å². The third-order valence-electron chi connectivity index (χ3n) is 6.12. The van der Waals surface area contributed by atoms with E-state index in [0.29, 0.717) is 42.6 Å². The Kier molecular flexibility index (Phi) is 6.39. The first-order valence-corrected chi connectivity index (χ1v) is 11.7. The average Bonchev–Trinajstić information content (AvgIpc) is 3.35. The Morgan fingerprint density at radius 1 is 0.944 bits per heavy atom. The van der Waals surface area contributed by atoms with E-state index in [2.05, 4.69) is 24.6 Å². The molecule has 9 nitrogen and oxygen atoms in total. The molecule has 1 aliphatic rings. The van der Waals surface area contributed by atoms with Crippen molar-refractivity contribution in [2.75, 3.05) is 38.2 Å². The van der Waals surface area contributed by atoms with E-state index in [1.165, 1.54) is 31.4 Å². The number of fused-ring (bicyclic) bond motifs is 1. The number of methoxy groups -OCH3 is 1. The number of aromatic amines is 1. The molecule has 1 aliphatic heterocycles. The maximum atomic E-state index is 12.7. The van der Waals surface area contributed by atoms with E-state index >= 15 is 0 Å². The van der Waals surface area contributed by atoms with E-state index in [1.807, 2.05) is 24.3 Å². The van der Waals surface area contributed by atoms with Crippen molar-refractivity contribution in [2.24, 2.45) is 0 Å². The Bertz CT molecular complexity index is 1440. The Morgan fingerprint density at radius 2 is 1.67 bits per heavy atom. The first-order chi connectivity index (χ1) is 17.4. The maximum Gasteiger partial charge on any atom is 0.337 e. The van der Waals surface area contributed by atoms with Gasteiger partial charge < -0.3 is 19.5 Å². The number of carbonyl (C=O) groups excluding carboxylic acids is 3. The molecule has 1 N–H and O–H groups in total. The molecule has 0 saturated carbocycles. The normalized spacial score (nSPS) is 13.6. The molecule has 2 aromatic carbocycles. The minimum atomic E-state index is -0.602. The molecule has 4 aromatic rings. The van der Waals surface area contributed by atoms with Gasteiger partial charge in [0.05, 0.1) is 23.7 Å². The van der Waals surface area contributed by atoms with Crippen LogP contribution in [0.4, 0.5) is 5.82 Å². The number of ether oxygens (including phenoxy) is 1. The number of aromatic nitrogens is 3. The van der Waals surface area contributed by atoms with Gasteiger partial charge in [-0.3, -0.25) is 9.59 Å². The van der Waals surface area contributed by atoms with Crippen LogP contribution in [-0.2, 0) is 9.53 Å². The Morgan fingerprint density at radius 3 is 2.33 bits per heavy atom. The van der Waals surface area contributed by atoms with Crippen LogP contribution in [0.25, 0.3) is 22.4 Å². The number of rotatable bonds is 5. The molecule has 0 atom stereocenters. The number of ketones is 1. The molecule has 0 radical (unpaired) electrons. The van der Waals surface area contributed by atoms with Gasteiger partial charge in [-0.2, -0.15) is 0 Å². The minimum absolute atomic E-state index is 0.236. The highest BCUT2D eigenvalue weighted by Gasteiger charge is 2.27. The molecular weight excluding hydrogens is 482 g/mol. The lowest BCUT2D eigenvalue weighted by atomic mass is 10.1. The molecule has 1 saturated heterocycles. The number of imidazole rings is 1. The Hall–Kier alpha value is -4.24. The van der Waals surface area contributed by atoms with Gasteiger partial charge in [0.15, 0.2) is 0 Å². The van der Waals surface area contributed by atoms with E-state index in [9.17, 15) is 14.4 Å². The van der Waals surface area contributed by atoms with Crippen molar-refractivity contribution in [3.8, 4) is 11.4 Å². The second-order valence-corrected chi connectivity index (χ2v) is 8.77. The number of Topliss-reactive ketones (excluding diaryl/α,β-unsaturated/α-hetero) is 1. The van der Waals surface area contributed by atoms with Crippen molar-refractivity contribution < 1.29 is 19.1 Å². The molecule has 0 spiro atoms. The van der Waals surface area contributed by atoms with E-state index in [0.717, 1.165) is 22.4 Å². The van der Waals surface area contributed by atoms with Gasteiger partial charge in [-0.1, -0.05) is 11.6 Å². The third kappa shape index (κ3) is 4.65. The van der Waals surface area contributed by atoms with E-state index in [4.69, 9.17) is 11.6 Å². The lowest BCUT2D eigenvalue weighted by Gasteiger charge is -2.35. The van der Waals surface area contributed by atoms with Gasteiger partial charge in [0.1, 0.15) is 11.6 Å². The summed E-state index contributed by atoms with van der Waals surface area (Å²) in [6, 6.07) is 15.2. The standard InChI is InChI=1S/C26H22ClN5O4/c1-36-26(35)17-4-2-16(3-5-17)23(33)25(34)32-12-10-31(11-13-32)22-9-6-18(15-28-22)24-29-20-8-7-19(27)14-21(20)30-24/h2-9,14-15H,10-13H2,1H3,(H,29,30). The van der Waals surface area contributed by atoms with Crippen LogP contribution < -0.4 is 4.90 Å². The molecule has 0 unspecified atom stereocenters. The summed E-state index contributed by atoms with van der Waals surface area (Å²) in [4.78, 5) is 53.0. The van der Waals surface area contributed by atoms with Gasteiger partial charge in [0.25, 0.3) is 5.91 Å². The van der Waals surface area contributed by atoms with Crippen molar-refractivity contribution in [3.63, 3.8) is 0 Å². The number of nitrogens with one attached hydrogen (secondary N) is 1. The fraction of sp³-hybridized carbons (Fsp3) is 0.192. The molecular formula is C26H22ClN5O4. The summed E-state index contributed by atoms with van der Waals surface area (Å²) in [5, 5.41) is 0.641. The number of esters is 1. The summed E-state index contributed by atoms with van der Waals surface area (Å²) >= 11 is 6.06. The summed E-state index contributed by atoms with van der Waals surface area (Å²) in [6.07, 6.45) is 1.76. The average molecular weight is 504 g/mol. The predicted molar refractivity (Wildman–Crippen MR) is 135 cm³/mol. The van der Waals surface area contributed by atoms with Crippen LogP contribution in [-0.4, -0.2) is 70.8 Å². The second-order valence-electron chi connectivity index (χ2n) is 8.33. The molecule has 10 heteroatoms. The lowest BCUT2D eigenvalue weighted by Crippen LogP contribution is -2.50. The number of carbonyl (C=O) groups is 3. The number of hydrogen-bond acceptors (Lipinski definition) is 7. The SMILES string of the molecule is COC(=O)c1ccc(C(=O)C(=O)N2CCN(c3ccc(-c4nc5ccc(Cl)cc5[nH]4)cn3)CC2)cc1. The number of nitrogens with zero attached hydrogens (tertiary/aromatic N) is 4. The zero-order valence-corrected chi connectivity index (χ0v) is 20.2. The number of halogens is 1. The summed E-state index contributed by atoms with van der Waals surface area (Å²) < 4.78 is 4.65. The van der Waals surface area contributed by atoms with Crippen LogP contribution in [0.3, 0.4) is 0 Å². The molecule has 1 fully saturated rings. The lowest BCUT2D eigenvalue weighted by molar-refractivity contribution is -0.126.